The lowest BCUT2D eigenvalue weighted by molar-refractivity contribution is 0.0686. The van der Waals surface area contributed by atoms with E-state index in [1.165, 1.54) is 0 Å². The second-order valence-electron chi connectivity index (χ2n) is 5.59. The molecule has 0 saturated carbocycles. The van der Waals surface area contributed by atoms with Gasteiger partial charge in [0.05, 0.1) is 11.1 Å². The molecule has 6 heteroatoms. The van der Waals surface area contributed by atoms with E-state index in [0.29, 0.717) is 29.1 Å². The lowest BCUT2D eigenvalue weighted by atomic mass is 10.0. The highest BCUT2D eigenvalue weighted by Crippen LogP contribution is 2.42. The van der Waals surface area contributed by atoms with Crippen LogP contribution < -0.4 is 15.2 Å². The SMILES string of the molecule is CC1OCCC1N(C)C(CN)c1cc(Cl)c2c(c1)OCO2. The Morgan fingerprint density at radius 1 is 1.43 bits per heavy atom. The highest BCUT2D eigenvalue weighted by atomic mass is 35.5. The number of nitrogens with two attached hydrogens (primary N) is 1. The lowest BCUT2D eigenvalue weighted by Gasteiger charge is -2.34. The summed E-state index contributed by atoms with van der Waals surface area (Å²) in [6.45, 7) is 3.63. The molecule has 0 bridgehead atoms. The Hall–Kier alpha value is -1.01. The Balaban J connectivity index is 1.88. The molecule has 0 aliphatic carbocycles. The van der Waals surface area contributed by atoms with Gasteiger partial charge in [-0.2, -0.15) is 0 Å². The van der Waals surface area contributed by atoms with E-state index in [2.05, 4.69) is 18.9 Å². The first-order chi connectivity index (χ1) is 10.1. The highest BCUT2D eigenvalue weighted by Gasteiger charge is 2.33. The van der Waals surface area contributed by atoms with Crippen molar-refractivity contribution < 1.29 is 14.2 Å². The molecule has 2 aliphatic rings. The van der Waals surface area contributed by atoms with Crippen LogP contribution in [-0.4, -0.2) is 44.0 Å². The van der Waals surface area contributed by atoms with Gasteiger partial charge in [-0.1, -0.05) is 11.6 Å². The number of ether oxygens (including phenoxy) is 3. The summed E-state index contributed by atoms with van der Waals surface area (Å²) in [4.78, 5) is 2.28. The molecule has 0 radical (unpaired) electrons. The largest absolute Gasteiger partial charge is 0.454 e. The van der Waals surface area contributed by atoms with Gasteiger partial charge in [0.25, 0.3) is 0 Å². The average molecular weight is 313 g/mol. The topological polar surface area (TPSA) is 57.0 Å². The fourth-order valence-corrected chi connectivity index (χ4v) is 3.48. The third kappa shape index (κ3) is 2.71. The molecule has 2 aliphatic heterocycles. The molecule has 1 saturated heterocycles. The fourth-order valence-electron chi connectivity index (χ4n) is 3.20. The first kappa shape index (κ1) is 14.9. The molecule has 3 unspecified atom stereocenters. The molecule has 21 heavy (non-hydrogen) atoms. The smallest absolute Gasteiger partial charge is 0.231 e. The van der Waals surface area contributed by atoms with Gasteiger partial charge in [0.2, 0.25) is 6.79 Å². The lowest BCUT2D eigenvalue weighted by Crippen LogP contribution is -2.42. The van der Waals surface area contributed by atoms with Crippen LogP contribution in [0.1, 0.15) is 24.9 Å². The van der Waals surface area contributed by atoms with Crippen molar-refractivity contribution in [1.82, 2.24) is 4.90 Å². The zero-order chi connectivity index (χ0) is 15.0. The third-order valence-corrected chi connectivity index (χ3v) is 4.69. The molecule has 0 amide bonds. The van der Waals surface area contributed by atoms with Crippen LogP contribution in [0.2, 0.25) is 5.02 Å². The standard InChI is InChI=1S/C15H21ClN2O3/c1-9-12(3-4-19-9)18(2)13(7-17)10-5-11(16)15-14(6-10)20-8-21-15/h5-6,9,12-13H,3-4,7-8,17H2,1-2H3. The molecule has 1 fully saturated rings. The second kappa shape index (κ2) is 6.01. The van der Waals surface area contributed by atoms with Crippen molar-refractivity contribution in [2.45, 2.75) is 31.5 Å². The monoisotopic (exact) mass is 312 g/mol. The van der Waals surface area contributed by atoms with Gasteiger partial charge in [0, 0.05) is 25.2 Å². The molecule has 5 nitrogen and oxygen atoms in total. The minimum absolute atomic E-state index is 0.0751. The van der Waals surface area contributed by atoms with Crippen molar-refractivity contribution in [3.8, 4) is 11.5 Å². The number of hydrogen-bond donors (Lipinski definition) is 1. The molecule has 0 spiro atoms. The maximum atomic E-state index is 6.28. The summed E-state index contributed by atoms with van der Waals surface area (Å²) in [5.74, 6) is 1.32. The van der Waals surface area contributed by atoms with Crippen LogP contribution in [0.3, 0.4) is 0 Å². The van der Waals surface area contributed by atoms with E-state index < -0.39 is 0 Å². The van der Waals surface area contributed by atoms with Crippen LogP contribution in [0.25, 0.3) is 0 Å². The van der Waals surface area contributed by atoms with Crippen molar-refractivity contribution in [3.05, 3.63) is 22.7 Å². The molecule has 3 rings (SSSR count). The number of fused-ring (bicyclic) bond motifs is 1. The molecule has 0 aromatic heterocycles. The van der Waals surface area contributed by atoms with E-state index in [1.807, 2.05) is 12.1 Å². The number of rotatable bonds is 4. The molecule has 116 valence electrons. The predicted octanol–water partition coefficient (Wildman–Crippen LogP) is 2.18. The maximum Gasteiger partial charge on any atom is 0.231 e. The molecule has 1 aromatic rings. The summed E-state index contributed by atoms with van der Waals surface area (Å²) < 4.78 is 16.5. The van der Waals surface area contributed by atoms with Gasteiger partial charge >= 0.3 is 0 Å². The van der Waals surface area contributed by atoms with Crippen molar-refractivity contribution in [3.63, 3.8) is 0 Å². The third-order valence-electron chi connectivity index (χ3n) is 4.41. The zero-order valence-electron chi connectivity index (χ0n) is 12.3. The Morgan fingerprint density at radius 2 is 2.24 bits per heavy atom. The Kier molecular flexibility index (Phi) is 4.26. The van der Waals surface area contributed by atoms with Crippen molar-refractivity contribution in [1.29, 1.82) is 0 Å². The van der Waals surface area contributed by atoms with Crippen LogP contribution >= 0.6 is 11.6 Å². The summed E-state index contributed by atoms with van der Waals surface area (Å²) >= 11 is 6.28. The van der Waals surface area contributed by atoms with E-state index in [9.17, 15) is 0 Å². The first-order valence-electron chi connectivity index (χ1n) is 7.24. The molecule has 1 aromatic carbocycles. The minimum Gasteiger partial charge on any atom is -0.454 e. The molecule has 2 N–H and O–H groups in total. The van der Waals surface area contributed by atoms with Gasteiger partial charge in [0.15, 0.2) is 11.5 Å². The van der Waals surface area contributed by atoms with Crippen molar-refractivity contribution in [2.24, 2.45) is 5.73 Å². The van der Waals surface area contributed by atoms with Crippen molar-refractivity contribution >= 4 is 11.6 Å². The second-order valence-corrected chi connectivity index (χ2v) is 5.99. The molecule has 2 heterocycles. The van der Waals surface area contributed by atoms with Gasteiger partial charge in [0.1, 0.15) is 0 Å². The van der Waals surface area contributed by atoms with Gasteiger partial charge < -0.3 is 19.9 Å². The van der Waals surface area contributed by atoms with E-state index >= 15 is 0 Å². The van der Waals surface area contributed by atoms with E-state index in [4.69, 9.17) is 31.5 Å². The molecule has 3 atom stereocenters. The number of likely N-dealkylation sites (N-methyl/N-ethyl adjacent to an activating group) is 1. The summed E-state index contributed by atoms with van der Waals surface area (Å²) in [6.07, 6.45) is 1.24. The van der Waals surface area contributed by atoms with Crippen LogP contribution in [0.15, 0.2) is 12.1 Å². The predicted molar refractivity (Wildman–Crippen MR) is 81.0 cm³/mol. The number of hydrogen-bond acceptors (Lipinski definition) is 5. The van der Waals surface area contributed by atoms with Crippen LogP contribution in [0.4, 0.5) is 0 Å². The average Bonchev–Trinajstić information content (AvgIpc) is 3.08. The minimum atomic E-state index is 0.0751. The van der Waals surface area contributed by atoms with Crippen LogP contribution in [0.5, 0.6) is 11.5 Å². The summed E-state index contributed by atoms with van der Waals surface area (Å²) in [5.41, 5.74) is 7.07. The highest BCUT2D eigenvalue weighted by molar-refractivity contribution is 6.32. The van der Waals surface area contributed by atoms with Gasteiger partial charge in [-0.25, -0.2) is 0 Å². The maximum absolute atomic E-state index is 6.28. The van der Waals surface area contributed by atoms with Crippen LogP contribution in [-0.2, 0) is 4.74 Å². The van der Waals surface area contributed by atoms with Crippen LogP contribution in [0, 0.1) is 0 Å². The quantitative estimate of drug-likeness (QED) is 0.923. The Labute approximate surface area is 129 Å². The van der Waals surface area contributed by atoms with Gasteiger partial charge in [-0.05, 0) is 38.1 Å². The summed E-state index contributed by atoms with van der Waals surface area (Å²) in [5, 5.41) is 0.572. The van der Waals surface area contributed by atoms with Gasteiger partial charge in [-0.15, -0.1) is 0 Å². The van der Waals surface area contributed by atoms with Gasteiger partial charge in [-0.3, -0.25) is 4.90 Å². The summed E-state index contributed by atoms with van der Waals surface area (Å²) in [6, 6.07) is 4.33. The number of nitrogens with zero attached hydrogens (tertiary/aromatic N) is 1. The number of benzene rings is 1. The zero-order valence-corrected chi connectivity index (χ0v) is 13.1. The summed E-state index contributed by atoms with van der Waals surface area (Å²) in [7, 11) is 2.09. The van der Waals surface area contributed by atoms with E-state index in [-0.39, 0.29) is 18.9 Å². The molecular weight excluding hydrogens is 292 g/mol. The fraction of sp³-hybridized carbons (Fsp3) is 0.600. The molecular formula is C15H21ClN2O3. The normalized spacial score (nSPS) is 25.6. The van der Waals surface area contributed by atoms with Crippen molar-refractivity contribution in [2.75, 3.05) is 27.0 Å². The van der Waals surface area contributed by atoms with E-state index in [1.54, 1.807) is 0 Å². The Morgan fingerprint density at radius 3 is 2.90 bits per heavy atom. The number of halogens is 1. The Bertz CT molecular complexity index is 526. The van der Waals surface area contributed by atoms with E-state index in [0.717, 1.165) is 18.6 Å². The first-order valence-corrected chi connectivity index (χ1v) is 7.62.